The van der Waals surface area contributed by atoms with Crippen LogP contribution < -0.4 is 5.73 Å². The normalized spacial score (nSPS) is 15.9. The van der Waals surface area contributed by atoms with E-state index in [1.165, 1.54) is 0 Å². The Balaban J connectivity index is 1.71. The molecule has 1 saturated carbocycles. The second-order valence-electron chi connectivity index (χ2n) is 6.67. The summed E-state index contributed by atoms with van der Waals surface area (Å²) in [5.74, 6) is 0.703. The van der Waals surface area contributed by atoms with E-state index >= 15 is 0 Å². The predicted octanol–water partition coefficient (Wildman–Crippen LogP) is 4.35. The Morgan fingerprint density at radius 2 is 1.77 bits per heavy atom. The molecule has 5 nitrogen and oxygen atoms in total. The molecule has 132 valence electrons. The van der Waals surface area contributed by atoms with Crippen LogP contribution >= 0.6 is 11.6 Å². The van der Waals surface area contributed by atoms with Crippen LogP contribution in [0, 0.1) is 0 Å². The van der Waals surface area contributed by atoms with Gasteiger partial charge in [0.1, 0.15) is 0 Å². The van der Waals surface area contributed by atoms with Crippen molar-refractivity contribution in [2.75, 3.05) is 0 Å². The molecule has 0 unspecified atom stereocenters. The maximum absolute atomic E-state index is 12.9. The predicted molar refractivity (Wildman–Crippen MR) is 99.0 cm³/mol. The van der Waals surface area contributed by atoms with Gasteiger partial charge in [-0.2, -0.15) is 4.98 Å². The van der Waals surface area contributed by atoms with Crippen LogP contribution in [-0.2, 0) is 5.54 Å². The first kappa shape index (κ1) is 16.9. The largest absolute Gasteiger partial charge is 0.334 e. The Morgan fingerprint density at radius 3 is 2.50 bits per heavy atom. The number of aromatic nitrogens is 2. The number of carbonyl (C=O) groups is 1. The van der Waals surface area contributed by atoms with Crippen molar-refractivity contribution < 1.29 is 9.32 Å². The number of rotatable bonds is 4. The molecular weight excluding hydrogens is 350 g/mol. The molecule has 0 amide bonds. The first-order chi connectivity index (χ1) is 12.6. The van der Waals surface area contributed by atoms with Crippen molar-refractivity contribution in [1.82, 2.24) is 10.1 Å². The van der Waals surface area contributed by atoms with Gasteiger partial charge >= 0.3 is 0 Å². The molecule has 1 aromatic heterocycles. The molecule has 1 aliphatic carbocycles. The highest BCUT2D eigenvalue weighted by Crippen LogP contribution is 2.36. The third kappa shape index (κ3) is 3.04. The van der Waals surface area contributed by atoms with E-state index < -0.39 is 5.54 Å². The summed E-state index contributed by atoms with van der Waals surface area (Å²) in [5, 5.41) is 4.68. The zero-order valence-electron chi connectivity index (χ0n) is 14.1. The zero-order chi connectivity index (χ0) is 18.1. The monoisotopic (exact) mass is 367 g/mol. The van der Waals surface area contributed by atoms with E-state index in [9.17, 15) is 4.79 Å². The second-order valence-corrected chi connectivity index (χ2v) is 7.10. The van der Waals surface area contributed by atoms with Gasteiger partial charge in [-0.1, -0.05) is 47.8 Å². The Bertz CT molecular complexity index is 944. The Morgan fingerprint density at radius 1 is 1.08 bits per heavy atom. The molecule has 6 heteroatoms. The molecule has 0 radical (unpaired) electrons. The van der Waals surface area contributed by atoms with E-state index in [-0.39, 0.29) is 5.78 Å². The van der Waals surface area contributed by atoms with E-state index in [1.54, 1.807) is 36.4 Å². The van der Waals surface area contributed by atoms with Crippen molar-refractivity contribution in [3.63, 3.8) is 0 Å². The molecule has 1 fully saturated rings. The van der Waals surface area contributed by atoms with E-state index in [1.807, 2.05) is 12.1 Å². The van der Waals surface area contributed by atoms with Crippen molar-refractivity contribution in [2.45, 2.75) is 31.2 Å². The molecule has 0 atom stereocenters. The molecule has 4 rings (SSSR count). The molecule has 0 aliphatic heterocycles. The highest BCUT2D eigenvalue weighted by atomic mass is 35.5. The molecule has 26 heavy (non-hydrogen) atoms. The smallest absolute Gasteiger partial charge is 0.258 e. The van der Waals surface area contributed by atoms with Gasteiger partial charge in [-0.15, -0.1) is 0 Å². The lowest BCUT2D eigenvalue weighted by Gasteiger charge is -2.17. The average Bonchev–Trinajstić information content (AvgIpc) is 3.32. The minimum Gasteiger partial charge on any atom is -0.334 e. The SMILES string of the molecule is NC1(c2noc(-c3ccccc3C(=O)c3ccc(Cl)cc3)n2)CCCC1. The van der Waals surface area contributed by atoms with E-state index in [2.05, 4.69) is 10.1 Å². The van der Waals surface area contributed by atoms with Gasteiger partial charge in [-0.25, -0.2) is 0 Å². The van der Waals surface area contributed by atoms with E-state index in [0.29, 0.717) is 33.4 Å². The lowest BCUT2D eigenvalue weighted by molar-refractivity contribution is 0.103. The van der Waals surface area contributed by atoms with E-state index in [0.717, 1.165) is 25.7 Å². The summed E-state index contributed by atoms with van der Waals surface area (Å²) in [4.78, 5) is 17.4. The highest BCUT2D eigenvalue weighted by molar-refractivity contribution is 6.30. The summed E-state index contributed by atoms with van der Waals surface area (Å²) >= 11 is 5.91. The van der Waals surface area contributed by atoms with Crippen LogP contribution in [0.15, 0.2) is 53.1 Å². The fourth-order valence-electron chi connectivity index (χ4n) is 3.39. The third-order valence-electron chi connectivity index (χ3n) is 4.88. The third-order valence-corrected chi connectivity index (χ3v) is 5.13. The summed E-state index contributed by atoms with van der Waals surface area (Å²) < 4.78 is 5.46. The number of benzene rings is 2. The molecule has 3 aromatic rings. The summed E-state index contributed by atoms with van der Waals surface area (Å²) in [7, 11) is 0. The van der Waals surface area contributed by atoms with Crippen molar-refractivity contribution >= 4 is 17.4 Å². The van der Waals surface area contributed by atoms with Crippen LogP contribution in [0.3, 0.4) is 0 Å². The first-order valence-electron chi connectivity index (χ1n) is 8.60. The molecular formula is C20H18ClN3O2. The molecule has 1 heterocycles. The van der Waals surface area contributed by atoms with Gasteiger partial charge in [0.05, 0.1) is 11.1 Å². The molecule has 0 bridgehead atoms. The zero-order valence-corrected chi connectivity index (χ0v) is 14.9. The highest BCUT2D eigenvalue weighted by Gasteiger charge is 2.36. The van der Waals surface area contributed by atoms with Crippen molar-refractivity contribution in [3.05, 3.63) is 70.5 Å². The maximum Gasteiger partial charge on any atom is 0.258 e. The van der Waals surface area contributed by atoms with Gasteiger partial charge in [0.15, 0.2) is 11.6 Å². The van der Waals surface area contributed by atoms with Crippen molar-refractivity contribution in [1.29, 1.82) is 0 Å². The van der Waals surface area contributed by atoms with Crippen LogP contribution in [0.1, 0.15) is 47.4 Å². The van der Waals surface area contributed by atoms with E-state index in [4.69, 9.17) is 21.9 Å². The lowest BCUT2D eigenvalue weighted by atomic mass is 9.97. The second kappa shape index (κ2) is 6.67. The van der Waals surface area contributed by atoms with Crippen LogP contribution in [-0.4, -0.2) is 15.9 Å². The average molecular weight is 368 g/mol. The molecule has 1 aliphatic rings. The Kier molecular flexibility index (Phi) is 4.34. The van der Waals surface area contributed by atoms with Crippen molar-refractivity contribution in [2.24, 2.45) is 5.73 Å². The summed E-state index contributed by atoms with van der Waals surface area (Å²) in [5.41, 5.74) is 7.54. The maximum atomic E-state index is 12.9. The number of nitrogens with zero attached hydrogens (tertiary/aromatic N) is 2. The van der Waals surface area contributed by atoms with Crippen LogP contribution in [0.5, 0.6) is 0 Å². The molecule has 2 aromatic carbocycles. The minimum atomic E-state index is -0.531. The summed E-state index contributed by atoms with van der Waals surface area (Å²) in [6.07, 6.45) is 3.81. The number of halogens is 1. The molecule has 2 N–H and O–H groups in total. The summed E-state index contributed by atoms with van der Waals surface area (Å²) in [6.45, 7) is 0. The van der Waals surface area contributed by atoms with Crippen molar-refractivity contribution in [3.8, 4) is 11.5 Å². The topological polar surface area (TPSA) is 82.0 Å². The number of hydrogen-bond donors (Lipinski definition) is 1. The Labute approximate surface area is 156 Å². The quantitative estimate of drug-likeness (QED) is 0.693. The number of nitrogens with two attached hydrogens (primary N) is 1. The number of hydrogen-bond acceptors (Lipinski definition) is 5. The number of ketones is 1. The Hall–Kier alpha value is -2.50. The lowest BCUT2D eigenvalue weighted by Crippen LogP contribution is -2.34. The minimum absolute atomic E-state index is 0.125. The number of carbonyl (C=O) groups excluding carboxylic acids is 1. The fourth-order valence-corrected chi connectivity index (χ4v) is 3.51. The van der Waals surface area contributed by atoms with Gasteiger partial charge in [0.25, 0.3) is 5.89 Å². The molecule has 0 saturated heterocycles. The van der Waals surface area contributed by atoms with Gasteiger partial charge in [-0.3, -0.25) is 4.79 Å². The molecule has 0 spiro atoms. The van der Waals surface area contributed by atoms with Gasteiger partial charge in [-0.05, 0) is 43.2 Å². The van der Waals surface area contributed by atoms with Crippen LogP contribution in [0.25, 0.3) is 11.5 Å². The van der Waals surface area contributed by atoms with Crippen LogP contribution in [0.2, 0.25) is 5.02 Å². The van der Waals surface area contributed by atoms with Crippen LogP contribution in [0.4, 0.5) is 0 Å². The van der Waals surface area contributed by atoms with Gasteiger partial charge in [0, 0.05) is 16.1 Å². The van der Waals surface area contributed by atoms with Gasteiger partial charge < -0.3 is 10.3 Å². The standard InChI is InChI=1S/C20H18ClN3O2/c21-14-9-7-13(8-10-14)17(25)15-5-1-2-6-16(15)18-23-19(24-26-18)20(22)11-3-4-12-20/h1-2,5-10H,3-4,11-12,22H2. The van der Waals surface area contributed by atoms with Gasteiger partial charge in [0.2, 0.25) is 0 Å². The fraction of sp³-hybridized carbons (Fsp3) is 0.250. The first-order valence-corrected chi connectivity index (χ1v) is 8.97. The summed E-state index contributed by atoms with van der Waals surface area (Å²) in [6, 6.07) is 14.0.